The van der Waals surface area contributed by atoms with Gasteiger partial charge in [-0.05, 0) is 25.5 Å². The first kappa shape index (κ1) is 14.0. The van der Waals surface area contributed by atoms with E-state index in [9.17, 15) is 0 Å². The zero-order chi connectivity index (χ0) is 15.6. The van der Waals surface area contributed by atoms with Crippen LogP contribution >= 0.6 is 0 Å². The third-order valence-corrected chi connectivity index (χ3v) is 3.89. The van der Waals surface area contributed by atoms with Crippen LogP contribution in [0.3, 0.4) is 0 Å². The quantitative estimate of drug-likeness (QED) is 0.772. The summed E-state index contributed by atoms with van der Waals surface area (Å²) in [6.45, 7) is 3.28. The van der Waals surface area contributed by atoms with E-state index in [2.05, 4.69) is 30.5 Å². The number of hydrogen-bond donors (Lipinski definition) is 1. The number of aromatic nitrogens is 6. The Labute approximate surface area is 133 Å². The molecule has 0 spiro atoms. The van der Waals surface area contributed by atoms with Crippen molar-refractivity contribution in [3.63, 3.8) is 0 Å². The minimum Gasteiger partial charge on any atom is -0.338 e. The summed E-state index contributed by atoms with van der Waals surface area (Å²) < 4.78 is 7.28. The molecule has 0 fully saturated rings. The molecule has 1 aliphatic heterocycles. The molecule has 1 aliphatic rings. The van der Waals surface area contributed by atoms with Crippen molar-refractivity contribution in [2.75, 3.05) is 0 Å². The van der Waals surface area contributed by atoms with E-state index in [0.29, 0.717) is 24.3 Å². The molecule has 8 heteroatoms. The van der Waals surface area contributed by atoms with Gasteiger partial charge >= 0.3 is 0 Å². The van der Waals surface area contributed by atoms with Crippen LogP contribution in [0.4, 0.5) is 0 Å². The van der Waals surface area contributed by atoms with Gasteiger partial charge in [0.05, 0.1) is 13.1 Å². The van der Waals surface area contributed by atoms with Crippen LogP contribution in [-0.2, 0) is 19.5 Å². The van der Waals surface area contributed by atoms with Gasteiger partial charge in [0.25, 0.3) is 0 Å². The number of pyridine rings is 1. The Bertz CT molecular complexity index is 795. The third kappa shape index (κ3) is 2.98. The average Bonchev–Trinajstić information content (AvgIpc) is 3.18. The lowest BCUT2D eigenvalue weighted by Crippen LogP contribution is -2.37. The van der Waals surface area contributed by atoms with Crippen LogP contribution in [0.1, 0.15) is 24.0 Å². The van der Waals surface area contributed by atoms with E-state index >= 15 is 0 Å². The molecule has 8 nitrogen and oxygen atoms in total. The number of aryl methyl sites for hydroxylation is 2. The third-order valence-electron chi connectivity index (χ3n) is 3.89. The normalized spacial score (nSPS) is 17.2. The van der Waals surface area contributed by atoms with Crippen molar-refractivity contribution < 1.29 is 4.52 Å². The molecule has 0 saturated carbocycles. The van der Waals surface area contributed by atoms with Crippen LogP contribution in [0.25, 0.3) is 11.4 Å². The smallest absolute Gasteiger partial charge is 0.240 e. The van der Waals surface area contributed by atoms with Gasteiger partial charge in [0.1, 0.15) is 11.6 Å². The summed E-state index contributed by atoms with van der Waals surface area (Å²) >= 11 is 0. The summed E-state index contributed by atoms with van der Waals surface area (Å²) in [4.78, 5) is 12.9. The first-order chi connectivity index (χ1) is 11.3. The summed E-state index contributed by atoms with van der Waals surface area (Å²) in [7, 11) is 0. The van der Waals surface area contributed by atoms with Gasteiger partial charge in [-0.3, -0.25) is 4.98 Å². The highest BCUT2D eigenvalue weighted by atomic mass is 16.5. The predicted molar refractivity (Wildman–Crippen MR) is 81.2 cm³/mol. The van der Waals surface area contributed by atoms with E-state index in [1.165, 1.54) is 0 Å². The Hall–Kier alpha value is -2.61. The van der Waals surface area contributed by atoms with Crippen LogP contribution in [0.2, 0.25) is 0 Å². The van der Waals surface area contributed by atoms with Crippen molar-refractivity contribution in [1.82, 2.24) is 35.2 Å². The van der Waals surface area contributed by atoms with Crippen LogP contribution in [0.5, 0.6) is 0 Å². The van der Waals surface area contributed by atoms with Gasteiger partial charge in [-0.1, -0.05) is 5.16 Å². The van der Waals surface area contributed by atoms with Gasteiger partial charge in [-0.2, -0.15) is 10.1 Å². The fourth-order valence-corrected chi connectivity index (χ4v) is 2.77. The summed E-state index contributed by atoms with van der Waals surface area (Å²) in [5.41, 5.74) is 0.850. The Balaban J connectivity index is 1.38. The van der Waals surface area contributed by atoms with Gasteiger partial charge in [0.2, 0.25) is 11.7 Å². The minimum absolute atomic E-state index is 0.331. The molecular formula is C15H17N7O. The molecule has 4 rings (SSSR count). The van der Waals surface area contributed by atoms with Crippen molar-refractivity contribution in [2.45, 2.75) is 38.9 Å². The molecule has 3 aromatic heterocycles. The van der Waals surface area contributed by atoms with Crippen molar-refractivity contribution in [3.8, 4) is 11.4 Å². The number of nitrogens with zero attached hydrogens (tertiary/aromatic N) is 6. The van der Waals surface area contributed by atoms with Crippen molar-refractivity contribution in [3.05, 3.63) is 42.1 Å². The van der Waals surface area contributed by atoms with Gasteiger partial charge in [-0.15, -0.1) is 0 Å². The molecule has 1 atom stereocenters. The van der Waals surface area contributed by atoms with Crippen LogP contribution < -0.4 is 5.32 Å². The van der Waals surface area contributed by atoms with Crippen molar-refractivity contribution >= 4 is 0 Å². The van der Waals surface area contributed by atoms with Crippen molar-refractivity contribution in [1.29, 1.82) is 0 Å². The van der Waals surface area contributed by atoms with E-state index in [-0.39, 0.29) is 0 Å². The van der Waals surface area contributed by atoms with E-state index in [1.54, 1.807) is 12.4 Å². The summed E-state index contributed by atoms with van der Waals surface area (Å²) in [6.07, 6.45) is 5.40. The molecule has 1 N–H and O–H groups in total. The van der Waals surface area contributed by atoms with Gasteiger partial charge in [0.15, 0.2) is 0 Å². The van der Waals surface area contributed by atoms with E-state index in [4.69, 9.17) is 4.52 Å². The molecule has 4 heterocycles. The molecule has 0 unspecified atom stereocenters. The SMILES string of the molecule is Cc1nc2n(n1)C[C@H](NCc1nc(-c3cccnc3)no1)CC2. The van der Waals surface area contributed by atoms with E-state index in [0.717, 1.165) is 36.6 Å². The molecule has 118 valence electrons. The molecular weight excluding hydrogens is 294 g/mol. The molecule has 0 aromatic carbocycles. The number of hydrogen-bond acceptors (Lipinski definition) is 7. The highest BCUT2D eigenvalue weighted by Crippen LogP contribution is 2.15. The average molecular weight is 311 g/mol. The Morgan fingerprint density at radius 3 is 3.22 bits per heavy atom. The zero-order valence-electron chi connectivity index (χ0n) is 12.8. The monoisotopic (exact) mass is 311 g/mol. The highest BCUT2D eigenvalue weighted by Gasteiger charge is 2.21. The van der Waals surface area contributed by atoms with Gasteiger partial charge in [-0.25, -0.2) is 9.67 Å². The van der Waals surface area contributed by atoms with Gasteiger partial charge < -0.3 is 9.84 Å². The Morgan fingerprint density at radius 2 is 2.35 bits per heavy atom. The molecule has 0 radical (unpaired) electrons. The van der Waals surface area contributed by atoms with Gasteiger partial charge in [0, 0.05) is 30.4 Å². The van der Waals surface area contributed by atoms with Crippen LogP contribution in [0.15, 0.2) is 29.0 Å². The second kappa shape index (κ2) is 5.88. The second-order valence-electron chi connectivity index (χ2n) is 5.63. The molecule has 0 amide bonds. The van der Waals surface area contributed by atoms with Crippen molar-refractivity contribution in [2.24, 2.45) is 0 Å². The number of fused-ring (bicyclic) bond motifs is 1. The standard InChI is InChI=1S/C15H17N7O/c1-10-18-13-5-4-12(9-22(13)20-10)17-8-14-19-15(21-23-14)11-3-2-6-16-7-11/h2-3,6-7,12,17H,4-5,8-9H2,1H3/t12-/m1/s1. The first-order valence-electron chi connectivity index (χ1n) is 7.64. The highest BCUT2D eigenvalue weighted by molar-refractivity contribution is 5.51. The maximum Gasteiger partial charge on any atom is 0.240 e. The molecule has 0 aliphatic carbocycles. The lowest BCUT2D eigenvalue weighted by atomic mass is 10.1. The Kier molecular flexibility index (Phi) is 3.58. The molecule has 23 heavy (non-hydrogen) atoms. The fraction of sp³-hybridized carbons (Fsp3) is 0.400. The largest absolute Gasteiger partial charge is 0.338 e. The van der Waals surface area contributed by atoms with Crippen LogP contribution in [-0.4, -0.2) is 35.9 Å². The number of nitrogens with one attached hydrogen (secondary N) is 1. The molecule has 3 aromatic rings. The van der Waals surface area contributed by atoms with E-state index < -0.39 is 0 Å². The van der Waals surface area contributed by atoms with E-state index in [1.807, 2.05) is 23.7 Å². The summed E-state index contributed by atoms with van der Waals surface area (Å²) in [5, 5.41) is 11.9. The zero-order valence-corrected chi connectivity index (χ0v) is 12.8. The lowest BCUT2D eigenvalue weighted by molar-refractivity contribution is 0.320. The second-order valence-corrected chi connectivity index (χ2v) is 5.63. The molecule has 0 bridgehead atoms. The summed E-state index contributed by atoms with van der Waals surface area (Å²) in [6, 6.07) is 4.09. The van der Waals surface area contributed by atoms with Crippen LogP contribution in [0, 0.1) is 6.92 Å². The Morgan fingerprint density at radius 1 is 1.39 bits per heavy atom. The maximum absolute atomic E-state index is 5.30. The lowest BCUT2D eigenvalue weighted by Gasteiger charge is -2.22. The predicted octanol–water partition coefficient (Wildman–Crippen LogP) is 1.14. The minimum atomic E-state index is 0.331. The topological polar surface area (TPSA) is 94.6 Å². The first-order valence-corrected chi connectivity index (χ1v) is 7.64. The fourth-order valence-electron chi connectivity index (χ4n) is 2.77. The molecule has 0 saturated heterocycles. The number of rotatable bonds is 4. The summed E-state index contributed by atoms with van der Waals surface area (Å²) in [5.74, 6) is 3.04. The maximum atomic E-state index is 5.30.